The molecular formula is C17H18N2O2S2. The summed E-state index contributed by atoms with van der Waals surface area (Å²) in [5.41, 5.74) is 1.88. The van der Waals surface area contributed by atoms with Crippen LogP contribution in [0, 0.1) is 0 Å². The summed E-state index contributed by atoms with van der Waals surface area (Å²) in [6.45, 7) is 0. The summed E-state index contributed by atoms with van der Waals surface area (Å²) in [6, 6.07) is 19.5. The average Bonchev–Trinajstić information content (AvgIpc) is 2.88. The fourth-order valence-corrected chi connectivity index (χ4v) is 4.74. The van der Waals surface area contributed by atoms with Crippen molar-refractivity contribution in [3.8, 4) is 0 Å². The van der Waals surface area contributed by atoms with Crippen LogP contribution < -0.4 is 10.2 Å². The summed E-state index contributed by atoms with van der Waals surface area (Å²) in [7, 11) is -2.94. The number of para-hydroxylation sites is 2. The molecule has 1 aliphatic heterocycles. The molecule has 0 aliphatic carbocycles. The van der Waals surface area contributed by atoms with Crippen LogP contribution in [0.1, 0.15) is 6.42 Å². The average molecular weight is 346 g/mol. The standard InChI is InChI=1S/C17H18N2O2S2/c20-23(21)12-11-14(13-23)18-17(22)19(15-7-3-1-4-8-15)16-9-5-2-6-10-16/h1-10,14H,11-13H2,(H,18,22). The molecule has 1 unspecified atom stereocenters. The van der Waals surface area contributed by atoms with E-state index >= 15 is 0 Å². The highest BCUT2D eigenvalue weighted by Crippen LogP contribution is 2.25. The Labute approximate surface area is 142 Å². The zero-order valence-electron chi connectivity index (χ0n) is 12.6. The van der Waals surface area contributed by atoms with Gasteiger partial charge in [-0.2, -0.15) is 0 Å². The summed E-state index contributed by atoms with van der Waals surface area (Å²) in [6.07, 6.45) is 0.597. The van der Waals surface area contributed by atoms with E-state index in [1.807, 2.05) is 65.6 Å². The maximum Gasteiger partial charge on any atom is 0.178 e. The van der Waals surface area contributed by atoms with Crippen molar-refractivity contribution in [2.24, 2.45) is 0 Å². The quantitative estimate of drug-likeness (QED) is 0.866. The number of nitrogens with one attached hydrogen (secondary N) is 1. The molecule has 1 aliphatic rings. The first-order valence-electron chi connectivity index (χ1n) is 7.46. The van der Waals surface area contributed by atoms with Crippen LogP contribution in [0.2, 0.25) is 0 Å². The summed E-state index contributed by atoms with van der Waals surface area (Å²) >= 11 is 5.57. The van der Waals surface area contributed by atoms with Crippen molar-refractivity contribution < 1.29 is 8.42 Å². The van der Waals surface area contributed by atoms with Gasteiger partial charge in [0.2, 0.25) is 0 Å². The smallest absolute Gasteiger partial charge is 0.178 e. The van der Waals surface area contributed by atoms with Gasteiger partial charge >= 0.3 is 0 Å². The van der Waals surface area contributed by atoms with Gasteiger partial charge in [0.05, 0.1) is 11.5 Å². The molecule has 0 amide bonds. The van der Waals surface area contributed by atoms with E-state index in [-0.39, 0.29) is 17.5 Å². The van der Waals surface area contributed by atoms with Crippen molar-refractivity contribution in [3.05, 3.63) is 60.7 Å². The van der Waals surface area contributed by atoms with Crippen LogP contribution in [0.4, 0.5) is 11.4 Å². The summed E-state index contributed by atoms with van der Waals surface area (Å²) in [5, 5.41) is 3.73. The van der Waals surface area contributed by atoms with Gasteiger partial charge in [-0.15, -0.1) is 0 Å². The molecule has 4 nitrogen and oxygen atoms in total. The first-order chi connectivity index (χ1) is 11.1. The molecule has 0 radical (unpaired) electrons. The van der Waals surface area contributed by atoms with Crippen molar-refractivity contribution in [2.45, 2.75) is 12.5 Å². The van der Waals surface area contributed by atoms with Crippen molar-refractivity contribution >= 4 is 38.5 Å². The molecule has 0 saturated carbocycles. The van der Waals surface area contributed by atoms with Gasteiger partial charge in [0, 0.05) is 17.4 Å². The Morgan fingerprint density at radius 3 is 1.96 bits per heavy atom. The fourth-order valence-electron chi connectivity index (χ4n) is 2.69. The summed E-state index contributed by atoms with van der Waals surface area (Å²) < 4.78 is 23.3. The van der Waals surface area contributed by atoms with Gasteiger partial charge in [-0.05, 0) is 42.9 Å². The molecule has 0 bridgehead atoms. The second-order valence-corrected chi connectivity index (χ2v) is 8.17. The highest BCUT2D eigenvalue weighted by Gasteiger charge is 2.29. The number of thiocarbonyl (C=S) groups is 1. The van der Waals surface area contributed by atoms with E-state index in [2.05, 4.69) is 5.32 Å². The van der Waals surface area contributed by atoms with Crippen LogP contribution in [0.3, 0.4) is 0 Å². The predicted molar refractivity (Wildman–Crippen MR) is 97.8 cm³/mol. The second kappa shape index (κ2) is 6.68. The molecule has 0 spiro atoms. The van der Waals surface area contributed by atoms with Gasteiger partial charge in [-0.3, -0.25) is 4.90 Å². The SMILES string of the molecule is O=S1(=O)CCC(NC(=S)N(c2ccccc2)c2ccccc2)C1. The van der Waals surface area contributed by atoms with E-state index in [1.165, 1.54) is 0 Å². The number of hydrogen-bond acceptors (Lipinski definition) is 3. The molecule has 6 heteroatoms. The molecule has 1 fully saturated rings. The Hall–Kier alpha value is -1.92. The summed E-state index contributed by atoms with van der Waals surface area (Å²) in [4.78, 5) is 1.93. The van der Waals surface area contributed by atoms with E-state index in [0.29, 0.717) is 11.5 Å². The fraction of sp³-hybridized carbons (Fsp3) is 0.235. The Bertz CT molecular complexity index is 737. The molecule has 3 rings (SSSR count). The van der Waals surface area contributed by atoms with E-state index in [1.54, 1.807) is 0 Å². The van der Waals surface area contributed by atoms with Crippen molar-refractivity contribution in [3.63, 3.8) is 0 Å². The highest BCUT2D eigenvalue weighted by atomic mass is 32.2. The molecule has 1 atom stereocenters. The van der Waals surface area contributed by atoms with Gasteiger partial charge in [0.25, 0.3) is 0 Å². The normalized spacial score (nSPS) is 19.2. The van der Waals surface area contributed by atoms with Crippen molar-refractivity contribution in [1.29, 1.82) is 0 Å². The van der Waals surface area contributed by atoms with Crippen LogP contribution in [0.15, 0.2) is 60.7 Å². The topological polar surface area (TPSA) is 49.4 Å². The minimum absolute atomic E-state index is 0.123. The first kappa shape index (κ1) is 16.0. The van der Waals surface area contributed by atoms with Crippen LogP contribution >= 0.6 is 12.2 Å². The molecule has 1 saturated heterocycles. The number of anilines is 2. The molecular weight excluding hydrogens is 328 g/mol. The lowest BCUT2D eigenvalue weighted by atomic mass is 10.2. The van der Waals surface area contributed by atoms with Crippen LogP contribution in [-0.4, -0.2) is 31.1 Å². The predicted octanol–water partition coefficient (Wildman–Crippen LogP) is 2.89. The van der Waals surface area contributed by atoms with Crippen LogP contribution in [0.25, 0.3) is 0 Å². The number of nitrogens with zero attached hydrogens (tertiary/aromatic N) is 1. The zero-order chi connectivity index (χ0) is 16.3. The van der Waals surface area contributed by atoms with Crippen molar-refractivity contribution in [2.75, 3.05) is 16.4 Å². The van der Waals surface area contributed by atoms with Gasteiger partial charge in [0.1, 0.15) is 0 Å². The Kier molecular flexibility index (Phi) is 4.63. The minimum atomic E-state index is -2.94. The molecule has 120 valence electrons. The monoisotopic (exact) mass is 346 g/mol. The third-order valence-corrected chi connectivity index (χ3v) is 5.86. The van der Waals surface area contributed by atoms with Gasteiger partial charge < -0.3 is 5.32 Å². The molecule has 2 aromatic rings. The van der Waals surface area contributed by atoms with E-state index in [4.69, 9.17) is 12.2 Å². The molecule has 1 N–H and O–H groups in total. The molecule has 1 heterocycles. The number of benzene rings is 2. The summed E-state index contributed by atoms with van der Waals surface area (Å²) in [5.74, 6) is 0.370. The largest absolute Gasteiger partial charge is 0.358 e. The van der Waals surface area contributed by atoms with Crippen LogP contribution in [0.5, 0.6) is 0 Å². The third-order valence-electron chi connectivity index (χ3n) is 3.79. The lowest BCUT2D eigenvalue weighted by molar-refractivity contribution is 0.600. The molecule has 2 aromatic carbocycles. The maximum absolute atomic E-state index is 11.6. The minimum Gasteiger partial charge on any atom is -0.358 e. The lowest BCUT2D eigenvalue weighted by Gasteiger charge is -2.27. The van der Waals surface area contributed by atoms with E-state index in [0.717, 1.165) is 11.4 Å². The van der Waals surface area contributed by atoms with Gasteiger partial charge in [0.15, 0.2) is 14.9 Å². The lowest BCUT2D eigenvalue weighted by Crippen LogP contribution is -2.43. The Morgan fingerprint density at radius 1 is 1.00 bits per heavy atom. The Morgan fingerprint density at radius 2 is 1.52 bits per heavy atom. The van der Waals surface area contributed by atoms with E-state index < -0.39 is 9.84 Å². The second-order valence-electron chi connectivity index (χ2n) is 5.56. The van der Waals surface area contributed by atoms with Gasteiger partial charge in [-0.25, -0.2) is 8.42 Å². The van der Waals surface area contributed by atoms with Crippen molar-refractivity contribution in [1.82, 2.24) is 5.32 Å². The van der Waals surface area contributed by atoms with Gasteiger partial charge in [-0.1, -0.05) is 36.4 Å². The number of sulfone groups is 1. The number of rotatable bonds is 3. The Balaban J connectivity index is 1.85. The maximum atomic E-state index is 11.6. The molecule has 0 aromatic heterocycles. The van der Waals surface area contributed by atoms with E-state index in [9.17, 15) is 8.42 Å². The molecule has 23 heavy (non-hydrogen) atoms. The number of hydrogen-bond donors (Lipinski definition) is 1. The zero-order valence-corrected chi connectivity index (χ0v) is 14.2. The highest BCUT2D eigenvalue weighted by molar-refractivity contribution is 7.91. The third kappa shape index (κ3) is 3.89. The first-order valence-corrected chi connectivity index (χ1v) is 9.69. The van der Waals surface area contributed by atoms with Crippen LogP contribution in [-0.2, 0) is 9.84 Å².